The number of thioether (sulfide) groups is 1. The van der Waals surface area contributed by atoms with Crippen LogP contribution in [-0.2, 0) is 14.3 Å². The van der Waals surface area contributed by atoms with Gasteiger partial charge in [-0.1, -0.05) is 24.3 Å². The zero-order valence-corrected chi connectivity index (χ0v) is 15.7. The highest BCUT2D eigenvalue weighted by atomic mass is 32.2. The SMILES string of the molecule is Cc1ccc(C(=O)COC(=O)C[C@@H]2Sc3ccccc3NC2=O)cc1[N+](=O)[O-]. The van der Waals surface area contributed by atoms with Crippen LogP contribution < -0.4 is 5.32 Å². The molecule has 0 bridgehead atoms. The van der Waals surface area contributed by atoms with Gasteiger partial charge in [0, 0.05) is 22.1 Å². The van der Waals surface area contributed by atoms with Gasteiger partial charge >= 0.3 is 5.97 Å². The van der Waals surface area contributed by atoms with Gasteiger partial charge in [0.2, 0.25) is 11.7 Å². The van der Waals surface area contributed by atoms with Crippen molar-refractivity contribution in [1.82, 2.24) is 0 Å². The number of hydrogen-bond acceptors (Lipinski definition) is 7. The van der Waals surface area contributed by atoms with Crippen LogP contribution >= 0.6 is 11.8 Å². The van der Waals surface area contributed by atoms with Gasteiger partial charge in [-0.25, -0.2) is 0 Å². The number of ether oxygens (including phenoxy) is 1. The Hall–Kier alpha value is -3.20. The van der Waals surface area contributed by atoms with E-state index in [2.05, 4.69) is 5.32 Å². The van der Waals surface area contributed by atoms with Crippen LogP contribution in [0.5, 0.6) is 0 Å². The minimum absolute atomic E-state index is 0.0869. The molecule has 1 heterocycles. The molecule has 0 radical (unpaired) electrons. The molecule has 9 heteroatoms. The number of amides is 1. The van der Waals surface area contributed by atoms with E-state index in [1.807, 2.05) is 12.1 Å². The minimum atomic E-state index is -0.693. The number of carbonyl (C=O) groups excluding carboxylic acids is 3. The number of nitro benzene ring substituents is 1. The van der Waals surface area contributed by atoms with Crippen molar-refractivity contribution in [2.75, 3.05) is 11.9 Å². The first-order valence-electron chi connectivity index (χ1n) is 8.35. The van der Waals surface area contributed by atoms with E-state index in [0.717, 1.165) is 11.0 Å². The average molecular weight is 400 g/mol. The van der Waals surface area contributed by atoms with Gasteiger partial charge in [-0.15, -0.1) is 11.8 Å². The number of fused-ring (bicyclic) bond motifs is 1. The standard InChI is InChI=1S/C19H16N2O6S/c1-11-6-7-12(8-14(11)21(25)26)15(22)10-27-18(23)9-17-19(24)20-13-4-2-3-5-16(13)28-17/h2-8,17H,9-10H2,1H3,(H,20,24)/t17-/m0/s1. The van der Waals surface area contributed by atoms with Crippen LogP contribution in [-0.4, -0.2) is 34.4 Å². The molecule has 1 aliphatic heterocycles. The molecule has 0 spiro atoms. The first-order valence-corrected chi connectivity index (χ1v) is 9.23. The lowest BCUT2D eigenvalue weighted by molar-refractivity contribution is -0.385. The van der Waals surface area contributed by atoms with Crippen molar-refractivity contribution in [3.05, 3.63) is 63.7 Å². The smallest absolute Gasteiger partial charge is 0.307 e. The fraction of sp³-hybridized carbons (Fsp3) is 0.211. The quantitative estimate of drug-likeness (QED) is 0.343. The Bertz CT molecular complexity index is 975. The second-order valence-corrected chi connectivity index (χ2v) is 7.38. The number of nitrogens with one attached hydrogen (secondary N) is 1. The molecule has 28 heavy (non-hydrogen) atoms. The Kier molecular flexibility index (Phi) is 5.74. The number of nitrogens with zero attached hydrogens (tertiary/aromatic N) is 1. The molecular weight excluding hydrogens is 384 g/mol. The summed E-state index contributed by atoms with van der Waals surface area (Å²) >= 11 is 1.26. The second-order valence-electron chi connectivity index (χ2n) is 6.14. The molecule has 2 aromatic carbocycles. The first-order chi connectivity index (χ1) is 13.3. The minimum Gasteiger partial charge on any atom is -0.457 e. The summed E-state index contributed by atoms with van der Waals surface area (Å²) in [5, 5.41) is 13.0. The molecule has 8 nitrogen and oxygen atoms in total. The third kappa shape index (κ3) is 4.37. The summed E-state index contributed by atoms with van der Waals surface area (Å²) in [5.41, 5.74) is 1.03. The molecular formula is C19H16N2O6S. The maximum absolute atomic E-state index is 12.2. The van der Waals surface area contributed by atoms with Gasteiger partial charge in [-0.2, -0.15) is 0 Å². The summed E-state index contributed by atoms with van der Waals surface area (Å²) in [7, 11) is 0. The van der Waals surface area contributed by atoms with E-state index >= 15 is 0 Å². The molecule has 0 unspecified atom stereocenters. The van der Waals surface area contributed by atoms with Crippen molar-refractivity contribution in [2.45, 2.75) is 23.5 Å². The monoisotopic (exact) mass is 400 g/mol. The van der Waals surface area contributed by atoms with Gasteiger partial charge in [-0.05, 0) is 19.1 Å². The van der Waals surface area contributed by atoms with Crippen molar-refractivity contribution in [3.8, 4) is 0 Å². The first kappa shape index (κ1) is 19.6. The molecule has 3 rings (SSSR count). The number of carbonyl (C=O) groups is 3. The molecule has 1 amide bonds. The predicted octanol–water partition coefficient (Wildman–Crippen LogP) is 3.13. The van der Waals surface area contributed by atoms with E-state index in [1.54, 1.807) is 19.1 Å². The zero-order chi connectivity index (χ0) is 20.3. The number of nitro groups is 1. The Labute approximate surface area is 164 Å². The molecule has 1 N–H and O–H groups in total. The van der Waals surface area contributed by atoms with Crippen molar-refractivity contribution in [1.29, 1.82) is 0 Å². The van der Waals surface area contributed by atoms with Crippen molar-refractivity contribution >= 4 is 40.8 Å². The number of para-hydroxylation sites is 1. The molecule has 2 aromatic rings. The highest BCUT2D eigenvalue weighted by Gasteiger charge is 2.29. The molecule has 0 aliphatic carbocycles. The number of benzene rings is 2. The van der Waals surface area contributed by atoms with Crippen molar-refractivity contribution in [3.63, 3.8) is 0 Å². The molecule has 1 atom stereocenters. The highest BCUT2D eigenvalue weighted by molar-refractivity contribution is 8.01. The Morgan fingerprint density at radius 3 is 2.75 bits per heavy atom. The fourth-order valence-corrected chi connectivity index (χ4v) is 3.74. The van der Waals surface area contributed by atoms with Crippen LogP contribution in [0.1, 0.15) is 22.3 Å². The Morgan fingerprint density at radius 2 is 2.00 bits per heavy atom. The molecule has 0 aromatic heterocycles. The largest absolute Gasteiger partial charge is 0.457 e. The predicted molar refractivity (Wildman–Crippen MR) is 102 cm³/mol. The van der Waals surface area contributed by atoms with E-state index < -0.39 is 28.5 Å². The summed E-state index contributed by atoms with van der Waals surface area (Å²) < 4.78 is 4.98. The van der Waals surface area contributed by atoms with Crippen molar-refractivity contribution in [2.24, 2.45) is 0 Å². The normalized spacial score (nSPS) is 15.3. The van der Waals surface area contributed by atoms with Crippen LogP contribution in [0.25, 0.3) is 0 Å². The Morgan fingerprint density at radius 1 is 1.25 bits per heavy atom. The lowest BCUT2D eigenvalue weighted by atomic mass is 10.1. The van der Waals surface area contributed by atoms with Crippen LogP contribution in [0, 0.1) is 17.0 Å². The van der Waals surface area contributed by atoms with Crippen LogP contribution in [0.2, 0.25) is 0 Å². The van der Waals surface area contributed by atoms with Gasteiger partial charge in [0.25, 0.3) is 5.69 Å². The van der Waals surface area contributed by atoms with Gasteiger partial charge < -0.3 is 10.1 Å². The average Bonchev–Trinajstić information content (AvgIpc) is 2.66. The lowest BCUT2D eigenvalue weighted by Gasteiger charge is -2.23. The molecule has 144 valence electrons. The van der Waals surface area contributed by atoms with E-state index in [-0.39, 0.29) is 23.6 Å². The molecule has 0 fully saturated rings. The summed E-state index contributed by atoms with van der Waals surface area (Å²) in [5.74, 6) is -1.55. The molecule has 0 saturated heterocycles. The second kappa shape index (κ2) is 8.22. The number of rotatable bonds is 6. The van der Waals surface area contributed by atoms with E-state index in [0.29, 0.717) is 11.3 Å². The number of esters is 1. The zero-order valence-electron chi connectivity index (χ0n) is 14.8. The topological polar surface area (TPSA) is 116 Å². The van der Waals surface area contributed by atoms with Crippen LogP contribution in [0.3, 0.4) is 0 Å². The number of ketones is 1. The highest BCUT2D eigenvalue weighted by Crippen LogP contribution is 2.36. The third-order valence-electron chi connectivity index (χ3n) is 4.15. The van der Waals surface area contributed by atoms with Crippen LogP contribution in [0.15, 0.2) is 47.4 Å². The number of aryl methyl sites for hydroxylation is 1. The van der Waals surface area contributed by atoms with E-state index in [1.165, 1.54) is 23.9 Å². The van der Waals surface area contributed by atoms with Gasteiger partial charge in [-0.3, -0.25) is 24.5 Å². The fourth-order valence-electron chi connectivity index (χ4n) is 2.65. The number of anilines is 1. The maximum atomic E-state index is 12.2. The lowest BCUT2D eigenvalue weighted by Crippen LogP contribution is -2.31. The van der Waals surface area contributed by atoms with Crippen LogP contribution in [0.4, 0.5) is 11.4 Å². The summed E-state index contributed by atoms with van der Waals surface area (Å²) in [6, 6.07) is 11.3. The maximum Gasteiger partial charge on any atom is 0.307 e. The van der Waals surface area contributed by atoms with Gasteiger partial charge in [0.15, 0.2) is 6.61 Å². The van der Waals surface area contributed by atoms with Crippen molar-refractivity contribution < 1.29 is 24.0 Å². The summed E-state index contributed by atoms with van der Waals surface area (Å²) in [4.78, 5) is 47.6. The number of hydrogen-bond donors (Lipinski definition) is 1. The van der Waals surface area contributed by atoms with Gasteiger partial charge in [0.1, 0.15) is 0 Å². The molecule has 1 aliphatic rings. The Balaban J connectivity index is 1.57. The summed E-state index contributed by atoms with van der Waals surface area (Å²) in [6.07, 6.45) is -0.188. The third-order valence-corrected chi connectivity index (χ3v) is 5.43. The number of Topliss-reactive ketones (excluding diaryl/α,β-unsaturated/α-hetero) is 1. The van der Waals surface area contributed by atoms with Gasteiger partial charge in [0.05, 0.1) is 22.3 Å². The van der Waals surface area contributed by atoms with E-state index in [9.17, 15) is 24.5 Å². The summed E-state index contributed by atoms with van der Waals surface area (Å²) in [6.45, 7) is 1.02. The van der Waals surface area contributed by atoms with E-state index in [4.69, 9.17) is 4.74 Å². The molecule has 0 saturated carbocycles.